The molecule has 0 fully saturated rings. The maximum absolute atomic E-state index is 14.4. The van der Waals surface area contributed by atoms with Gasteiger partial charge in [-0.1, -0.05) is 54.6 Å². The third-order valence-corrected chi connectivity index (χ3v) is 3.46. The van der Waals surface area contributed by atoms with Crippen molar-refractivity contribution in [2.45, 2.75) is 0 Å². The summed E-state index contributed by atoms with van der Waals surface area (Å²) in [6, 6.07) is 21.2. The molecule has 2 N–H and O–H groups in total. The van der Waals surface area contributed by atoms with E-state index in [2.05, 4.69) is 0 Å². The van der Waals surface area contributed by atoms with Crippen LogP contribution in [-0.4, -0.2) is 6.09 Å². The minimum absolute atomic E-state index is 0.286. The molecule has 0 spiro atoms. The second kappa shape index (κ2) is 6.32. The fourth-order valence-electron chi connectivity index (χ4n) is 2.38. The summed E-state index contributed by atoms with van der Waals surface area (Å²) in [5.41, 5.74) is 7.91. The van der Waals surface area contributed by atoms with Crippen LogP contribution in [0.4, 0.5) is 9.18 Å². The van der Waals surface area contributed by atoms with Crippen LogP contribution in [0, 0.1) is 5.82 Å². The molecule has 3 nitrogen and oxygen atoms in total. The quantitative estimate of drug-likeness (QED) is 0.767. The third kappa shape index (κ3) is 3.37. The number of hydrogen-bond acceptors (Lipinski definition) is 2. The normalized spacial score (nSPS) is 10.3. The third-order valence-electron chi connectivity index (χ3n) is 3.46. The van der Waals surface area contributed by atoms with Crippen molar-refractivity contribution in [3.05, 3.63) is 78.6 Å². The maximum atomic E-state index is 14.4. The number of hydrogen-bond donors (Lipinski definition) is 1. The molecule has 4 heteroatoms. The van der Waals surface area contributed by atoms with Gasteiger partial charge in [-0.2, -0.15) is 0 Å². The molecule has 0 bridgehead atoms. The number of nitrogens with two attached hydrogens (primary N) is 1. The van der Waals surface area contributed by atoms with Crippen LogP contribution in [0.25, 0.3) is 22.3 Å². The first-order valence-electron chi connectivity index (χ1n) is 7.06. The van der Waals surface area contributed by atoms with Crippen molar-refractivity contribution in [3.63, 3.8) is 0 Å². The zero-order chi connectivity index (χ0) is 16.2. The fourth-order valence-corrected chi connectivity index (χ4v) is 2.38. The average Bonchev–Trinajstić information content (AvgIpc) is 2.56. The van der Waals surface area contributed by atoms with E-state index in [-0.39, 0.29) is 5.82 Å². The summed E-state index contributed by atoms with van der Waals surface area (Å²) in [6.45, 7) is 0. The second-order valence-corrected chi connectivity index (χ2v) is 5.01. The van der Waals surface area contributed by atoms with E-state index in [4.69, 9.17) is 10.5 Å². The average molecular weight is 307 g/mol. The Morgan fingerprint density at radius 1 is 0.826 bits per heavy atom. The van der Waals surface area contributed by atoms with Crippen LogP contribution in [0.2, 0.25) is 0 Å². The monoisotopic (exact) mass is 307 g/mol. The SMILES string of the molecule is NC(=O)Oc1ccc(-c2ccc(-c3ccccc3)c(F)c2)cc1. The predicted octanol–water partition coefficient (Wildman–Crippen LogP) is 4.62. The fraction of sp³-hybridized carbons (Fsp3) is 0. The van der Waals surface area contributed by atoms with E-state index in [0.29, 0.717) is 11.3 Å². The van der Waals surface area contributed by atoms with Gasteiger partial charge in [0.15, 0.2) is 0 Å². The standard InChI is InChI=1S/C19H14FNO2/c20-18-12-15(8-11-17(18)14-4-2-1-3-5-14)13-6-9-16(10-7-13)23-19(21)22/h1-12H,(H2,21,22). The molecule has 0 radical (unpaired) electrons. The lowest BCUT2D eigenvalue weighted by Crippen LogP contribution is -2.16. The lowest BCUT2D eigenvalue weighted by Gasteiger charge is -2.08. The van der Waals surface area contributed by atoms with Crippen molar-refractivity contribution in [3.8, 4) is 28.0 Å². The molecule has 0 saturated heterocycles. The molecule has 0 unspecified atom stereocenters. The van der Waals surface area contributed by atoms with Gasteiger partial charge in [0.05, 0.1) is 0 Å². The van der Waals surface area contributed by atoms with Crippen LogP contribution in [0.15, 0.2) is 72.8 Å². The summed E-state index contributed by atoms with van der Waals surface area (Å²) in [5.74, 6) is 0.0637. The number of benzene rings is 3. The van der Waals surface area contributed by atoms with Crippen LogP contribution >= 0.6 is 0 Å². The molecule has 0 aliphatic heterocycles. The summed E-state index contributed by atoms with van der Waals surface area (Å²) in [6.07, 6.45) is -0.865. The molecular weight excluding hydrogens is 293 g/mol. The first-order valence-corrected chi connectivity index (χ1v) is 7.06. The van der Waals surface area contributed by atoms with E-state index >= 15 is 0 Å². The van der Waals surface area contributed by atoms with Gasteiger partial charge in [0.25, 0.3) is 0 Å². The highest BCUT2D eigenvalue weighted by atomic mass is 19.1. The predicted molar refractivity (Wildman–Crippen MR) is 87.5 cm³/mol. The molecule has 23 heavy (non-hydrogen) atoms. The van der Waals surface area contributed by atoms with Gasteiger partial charge >= 0.3 is 6.09 Å². The lowest BCUT2D eigenvalue weighted by molar-refractivity contribution is 0.211. The van der Waals surface area contributed by atoms with Gasteiger partial charge in [-0.3, -0.25) is 0 Å². The first kappa shape index (κ1) is 14.8. The van der Waals surface area contributed by atoms with Gasteiger partial charge < -0.3 is 10.5 Å². The molecule has 3 aromatic carbocycles. The van der Waals surface area contributed by atoms with Crippen molar-refractivity contribution in [1.29, 1.82) is 0 Å². The van der Waals surface area contributed by atoms with Crippen LogP contribution < -0.4 is 10.5 Å². The van der Waals surface area contributed by atoms with Crippen molar-refractivity contribution in [1.82, 2.24) is 0 Å². The number of halogens is 1. The minimum Gasteiger partial charge on any atom is -0.411 e. The van der Waals surface area contributed by atoms with Crippen LogP contribution in [0.1, 0.15) is 0 Å². The molecule has 114 valence electrons. The largest absolute Gasteiger partial charge is 0.411 e. The number of amides is 1. The maximum Gasteiger partial charge on any atom is 0.409 e. The molecule has 3 aromatic rings. The van der Waals surface area contributed by atoms with E-state index in [9.17, 15) is 9.18 Å². The Kier molecular flexibility index (Phi) is 4.06. The molecule has 0 heterocycles. The first-order chi connectivity index (χ1) is 11.1. The van der Waals surface area contributed by atoms with Gasteiger partial charge in [0.1, 0.15) is 11.6 Å². The lowest BCUT2D eigenvalue weighted by atomic mass is 9.99. The van der Waals surface area contributed by atoms with Gasteiger partial charge in [0.2, 0.25) is 0 Å². The van der Waals surface area contributed by atoms with Gasteiger partial charge in [-0.05, 0) is 34.9 Å². The zero-order valence-electron chi connectivity index (χ0n) is 12.2. The minimum atomic E-state index is -0.865. The molecule has 0 aliphatic carbocycles. The van der Waals surface area contributed by atoms with Crippen molar-refractivity contribution < 1.29 is 13.9 Å². The Hall–Kier alpha value is -3.14. The number of primary amides is 1. The highest BCUT2D eigenvalue weighted by molar-refractivity contribution is 5.72. The summed E-state index contributed by atoms with van der Waals surface area (Å²) < 4.78 is 19.2. The Bertz CT molecular complexity index is 830. The van der Waals surface area contributed by atoms with Crippen LogP contribution in [0.3, 0.4) is 0 Å². The van der Waals surface area contributed by atoms with Crippen LogP contribution in [0.5, 0.6) is 5.75 Å². The van der Waals surface area contributed by atoms with E-state index in [1.165, 1.54) is 6.07 Å². The number of ether oxygens (including phenoxy) is 1. The molecule has 0 atom stereocenters. The topological polar surface area (TPSA) is 52.3 Å². The molecule has 0 saturated carbocycles. The molecular formula is C19H14FNO2. The van der Waals surface area contributed by atoms with Gasteiger partial charge in [0, 0.05) is 5.56 Å². The summed E-state index contributed by atoms with van der Waals surface area (Å²) in [7, 11) is 0. The summed E-state index contributed by atoms with van der Waals surface area (Å²) >= 11 is 0. The summed E-state index contributed by atoms with van der Waals surface area (Å²) in [4.78, 5) is 10.7. The van der Waals surface area contributed by atoms with Crippen molar-refractivity contribution in [2.75, 3.05) is 0 Å². The van der Waals surface area contributed by atoms with Crippen LogP contribution in [-0.2, 0) is 0 Å². The molecule has 0 aromatic heterocycles. The molecule has 3 rings (SSSR count). The Morgan fingerprint density at radius 3 is 2.09 bits per heavy atom. The zero-order valence-corrected chi connectivity index (χ0v) is 12.2. The van der Waals surface area contributed by atoms with E-state index in [0.717, 1.165) is 16.7 Å². The highest BCUT2D eigenvalue weighted by Gasteiger charge is 2.07. The number of carbonyl (C=O) groups excluding carboxylic acids is 1. The Labute approximate surface area is 133 Å². The number of rotatable bonds is 3. The second-order valence-electron chi connectivity index (χ2n) is 5.01. The number of carbonyl (C=O) groups is 1. The molecule has 0 aliphatic rings. The van der Waals surface area contributed by atoms with E-state index < -0.39 is 6.09 Å². The molecule has 1 amide bonds. The van der Waals surface area contributed by atoms with E-state index in [1.54, 1.807) is 30.3 Å². The Balaban J connectivity index is 1.90. The Morgan fingerprint density at radius 2 is 1.48 bits per heavy atom. The van der Waals surface area contributed by atoms with E-state index in [1.807, 2.05) is 36.4 Å². The summed E-state index contributed by atoms with van der Waals surface area (Å²) in [5, 5.41) is 0. The smallest absolute Gasteiger partial charge is 0.409 e. The van der Waals surface area contributed by atoms with Gasteiger partial charge in [-0.25, -0.2) is 9.18 Å². The highest BCUT2D eigenvalue weighted by Crippen LogP contribution is 2.28. The van der Waals surface area contributed by atoms with Crippen molar-refractivity contribution >= 4 is 6.09 Å². The van der Waals surface area contributed by atoms with Gasteiger partial charge in [-0.15, -0.1) is 0 Å². The van der Waals surface area contributed by atoms with Crippen molar-refractivity contribution in [2.24, 2.45) is 5.73 Å².